The molecule has 0 aromatic carbocycles. The molecule has 0 heterocycles. The lowest BCUT2D eigenvalue weighted by atomic mass is 9.94. The van der Waals surface area contributed by atoms with Gasteiger partial charge in [0.05, 0.1) is 6.04 Å². The van der Waals surface area contributed by atoms with Crippen LogP contribution in [0.4, 0.5) is 0 Å². The normalized spacial score (nSPS) is 23.1. The summed E-state index contributed by atoms with van der Waals surface area (Å²) in [5.41, 5.74) is 0. The highest BCUT2D eigenvalue weighted by molar-refractivity contribution is 5.81. The number of hydrogen-bond acceptors (Lipinski definition) is 2. The molecule has 3 nitrogen and oxygen atoms in total. The molecule has 1 aliphatic carbocycles. The van der Waals surface area contributed by atoms with Crippen LogP contribution in [0.25, 0.3) is 0 Å². The van der Waals surface area contributed by atoms with Crippen molar-refractivity contribution in [3.05, 3.63) is 12.2 Å². The maximum Gasteiger partial charge on any atom is 0.237 e. The number of carbonyl (C=O) groups excluding carboxylic acids is 1. The summed E-state index contributed by atoms with van der Waals surface area (Å²) in [7, 11) is 0. The Labute approximate surface area is 105 Å². The van der Waals surface area contributed by atoms with Crippen molar-refractivity contribution in [1.29, 1.82) is 0 Å². The first-order valence-electron chi connectivity index (χ1n) is 6.82. The van der Waals surface area contributed by atoms with E-state index in [0.717, 1.165) is 19.4 Å². The zero-order chi connectivity index (χ0) is 12.7. The van der Waals surface area contributed by atoms with Gasteiger partial charge in [0.1, 0.15) is 0 Å². The molecule has 1 aliphatic rings. The fourth-order valence-corrected chi connectivity index (χ4v) is 1.95. The Bertz CT molecular complexity index is 263. The predicted octanol–water partition coefficient (Wildman–Crippen LogP) is 2.24. The lowest BCUT2D eigenvalue weighted by Gasteiger charge is -2.22. The minimum atomic E-state index is -0.0880. The molecule has 3 unspecified atom stereocenters. The summed E-state index contributed by atoms with van der Waals surface area (Å²) in [5.74, 6) is 0.810. The smallest absolute Gasteiger partial charge is 0.237 e. The Morgan fingerprint density at radius 2 is 2.18 bits per heavy atom. The summed E-state index contributed by atoms with van der Waals surface area (Å²) in [5, 5.41) is 6.34. The standard InChI is InChI=1S/C14H26N2O/c1-4-11(2)16-14(17)12(3)15-10-13-8-6-5-7-9-13/h5-6,11-13,15H,4,7-10H2,1-3H3,(H,16,17). The van der Waals surface area contributed by atoms with Crippen LogP contribution in [0.2, 0.25) is 0 Å². The molecule has 3 atom stereocenters. The molecule has 0 fully saturated rings. The molecular formula is C14H26N2O. The van der Waals surface area contributed by atoms with Gasteiger partial charge in [-0.2, -0.15) is 0 Å². The second-order valence-corrected chi connectivity index (χ2v) is 5.10. The molecule has 98 valence electrons. The largest absolute Gasteiger partial charge is 0.352 e. The van der Waals surface area contributed by atoms with Gasteiger partial charge in [-0.05, 0) is 52.0 Å². The third kappa shape index (κ3) is 5.35. The molecule has 0 saturated carbocycles. The third-order valence-electron chi connectivity index (χ3n) is 3.48. The highest BCUT2D eigenvalue weighted by atomic mass is 16.2. The highest BCUT2D eigenvalue weighted by Crippen LogP contribution is 2.16. The van der Waals surface area contributed by atoms with Gasteiger partial charge in [-0.25, -0.2) is 0 Å². The molecule has 0 bridgehead atoms. The van der Waals surface area contributed by atoms with Gasteiger partial charge in [-0.15, -0.1) is 0 Å². The topological polar surface area (TPSA) is 41.1 Å². The van der Waals surface area contributed by atoms with Crippen LogP contribution in [0.3, 0.4) is 0 Å². The monoisotopic (exact) mass is 238 g/mol. The molecule has 0 aromatic rings. The molecule has 0 aromatic heterocycles. The molecule has 0 aliphatic heterocycles. The van der Waals surface area contributed by atoms with Crippen LogP contribution < -0.4 is 10.6 Å². The Morgan fingerprint density at radius 3 is 2.76 bits per heavy atom. The Hall–Kier alpha value is -0.830. The summed E-state index contributed by atoms with van der Waals surface area (Å²) in [6, 6.07) is 0.180. The van der Waals surface area contributed by atoms with Crippen LogP contribution >= 0.6 is 0 Å². The van der Waals surface area contributed by atoms with E-state index in [4.69, 9.17) is 0 Å². The van der Waals surface area contributed by atoms with Crippen molar-refractivity contribution in [2.75, 3.05) is 6.54 Å². The fraction of sp³-hybridized carbons (Fsp3) is 0.786. The number of rotatable bonds is 6. The SMILES string of the molecule is CCC(C)NC(=O)C(C)NCC1CC=CCC1. The minimum Gasteiger partial charge on any atom is -0.352 e. The molecule has 2 N–H and O–H groups in total. The van der Waals surface area contributed by atoms with Crippen LogP contribution in [0.5, 0.6) is 0 Å². The molecule has 17 heavy (non-hydrogen) atoms. The van der Waals surface area contributed by atoms with Crippen molar-refractivity contribution in [2.24, 2.45) is 5.92 Å². The number of carbonyl (C=O) groups is 1. The lowest BCUT2D eigenvalue weighted by Crippen LogP contribution is -2.46. The first kappa shape index (κ1) is 14.2. The molecule has 3 heteroatoms. The first-order valence-corrected chi connectivity index (χ1v) is 6.82. The molecule has 0 spiro atoms. The Morgan fingerprint density at radius 1 is 1.41 bits per heavy atom. The second kappa shape index (κ2) is 7.49. The summed E-state index contributed by atoms with van der Waals surface area (Å²) < 4.78 is 0. The maximum absolute atomic E-state index is 11.8. The van der Waals surface area contributed by atoms with E-state index < -0.39 is 0 Å². The Kier molecular flexibility index (Phi) is 6.27. The quantitative estimate of drug-likeness (QED) is 0.697. The summed E-state index contributed by atoms with van der Waals surface area (Å²) in [4.78, 5) is 11.8. The molecule has 1 rings (SSSR count). The summed E-state index contributed by atoms with van der Waals surface area (Å²) in [6.45, 7) is 7.00. The number of amides is 1. The van der Waals surface area contributed by atoms with Gasteiger partial charge in [0, 0.05) is 6.04 Å². The van der Waals surface area contributed by atoms with E-state index >= 15 is 0 Å². The van der Waals surface area contributed by atoms with Gasteiger partial charge >= 0.3 is 0 Å². The van der Waals surface area contributed by atoms with Crippen LogP contribution in [0.15, 0.2) is 12.2 Å². The van der Waals surface area contributed by atoms with Gasteiger partial charge in [-0.3, -0.25) is 4.79 Å². The van der Waals surface area contributed by atoms with Crippen molar-refractivity contribution >= 4 is 5.91 Å². The van der Waals surface area contributed by atoms with Crippen molar-refractivity contribution in [1.82, 2.24) is 10.6 Å². The van der Waals surface area contributed by atoms with Crippen LogP contribution in [-0.4, -0.2) is 24.5 Å². The lowest BCUT2D eigenvalue weighted by molar-refractivity contribution is -0.123. The summed E-state index contributed by atoms with van der Waals surface area (Å²) >= 11 is 0. The van der Waals surface area contributed by atoms with E-state index in [0.29, 0.717) is 5.92 Å². The van der Waals surface area contributed by atoms with Crippen molar-refractivity contribution < 1.29 is 4.79 Å². The highest BCUT2D eigenvalue weighted by Gasteiger charge is 2.16. The molecule has 0 saturated heterocycles. The number of hydrogen-bond donors (Lipinski definition) is 2. The van der Waals surface area contributed by atoms with Crippen LogP contribution in [0, 0.1) is 5.92 Å². The van der Waals surface area contributed by atoms with Gasteiger partial charge in [0.2, 0.25) is 5.91 Å². The predicted molar refractivity (Wildman–Crippen MR) is 71.8 cm³/mol. The second-order valence-electron chi connectivity index (χ2n) is 5.10. The fourth-order valence-electron chi connectivity index (χ4n) is 1.95. The van der Waals surface area contributed by atoms with Crippen molar-refractivity contribution in [3.8, 4) is 0 Å². The molecule has 1 amide bonds. The van der Waals surface area contributed by atoms with E-state index in [-0.39, 0.29) is 18.0 Å². The van der Waals surface area contributed by atoms with E-state index in [1.165, 1.54) is 12.8 Å². The van der Waals surface area contributed by atoms with Crippen LogP contribution in [0.1, 0.15) is 46.5 Å². The van der Waals surface area contributed by atoms with Gasteiger partial charge < -0.3 is 10.6 Å². The average Bonchev–Trinajstić information content (AvgIpc) is 2.36. The third-order valence-corrected chi connectivity index (χ3v) is 3.48. The molecule has 0 radical (unpaired) electrons. The number of allylic oxidation sites excluding steroid dienone is 2. The number of nitrogens with one attached hydrogen (secondary N) is 2. The molecular weight excluding hydrogens is 212 g/mol. The first-order chi connectivity index (χ1) is 8.13. The van der Waals surface area contributed by atoms with Crippen molar-refractivity contribution in [2.45, 2.75) is 58.5 Å². The summed E-state index contributed by atoms with van der Waals surface area (Å²) in [6.07, 6.45) is 9.04. The van der Waals surface area contributed by atoms with E-state index in [1.54, 1.807) is 0 Å². The van der Waals surface area contributed by atoms with E-state index in [1.807, 2.05) is 13.8 Å². The van der Waals surface area contributed by atoms with Gasteiger partial charge in [0.25, 0.3) is 0 Å². The van der Waals surface area contributed by atoms with E-state index in [9.17, 15) is 4.79 Å². The van der Waals surface area contributed by atoms with Crippen molar-refractivity contribution in [3.63, 3.8) is 0 Å². The van der Waals surface area contributed by atoms with E-state index in [2.05, 4.69) is 29.7 Å². The minimum absolute atomic E-state index is 0.0880. The zero-order valence-corrected chi connectivity index (χ0v) is 11.3. The van der Waals surface area contributed by atoms with Gasteiger partial charge in [-0.1, -0.05) is 19.1 Å². The zero-order valence-electron chi connectivity index (χ0n) is 11.3. The van der Waals surface area contributed by atoms with Crippen LogP contribution in [-0.2, 0) is 4.79 Å². The average molecular weight is 238 g/mol. The maximum atomic E-state index is 11.8. The van der Waals surface area contributed by atoms with Gasteiger partial charge in [0.15, 0.2) is 0 Å². The Balaban J connectivity index is 2.21.